The van der Waals surface area contributed by atoms with Gasteiger partial charge >= 0.3 is 0 Å². The highest BCUT2D eigenvalue weighted by atomic mass is 32.2. The quantitative estimate of drug-likeness (QED) is 0.527. The Bertz CT molecular complexity index is 1500. The van der Waals surface area contributed by atoms with Gasteiger partial charge in [0.1, 0.15) is 5.75 Å². The maximum atomic E-state index is 12.7. The van der Waals surface area contributed by atoms with Crippen molar-refractivity contribution in [2.45, 2.75) is 4.90 Å². The van der Waals surface area contributed by atoms with Gasteiger partial charge in [-0.2, -0.15) is 5.26 Å². The molecular weight excluding hydrogens is 400 g/mol. The average molecular weight is 416 g/mol. The third kappa shape index (κ3) is 3.45. The summed E-state index contributed by atoms with van der Waals surface area (Å²) < 4.78 is 23.3. The molecule has 148 valence electrons. The Morgan fingerprint density at radius 2 is 1.63 bits per heavy atom. The van der Waals surface area contributed by atoms with Crippen molar-refractivity contribution in [1.29, 1.82) is 5.26 Å². The van der Waals surface area contributed by atoms with Crippen molar-refractivity contribution >= 4 is 20.7 Å². The lowest BCUT2D eigenvalue weighted by Crippen LogP contribution is -2.09. The lowest BCUT2D eigenvalue weighted by molar-refractivity contribution is 0.482. The molecule has 1 heterocycles. The van der Waals surface area contributed by atoms with E-state index < -0.39 is 15.4 Å². The van der Waals surface area contributed by atoms with Crippen LogP contribution in [-0.2, 0) is 9.84 Å². The third-order valence-corrected chi connectivity index (χ3v) is 6.01. The summed E-state index contributed by atoms with van der Waals surface area (Å²) in [6.45, 7) is 0. The minimum atomic E-state index is -3.29. The molecule has 0 fully saturated rings. The van der Waals surface area contributed by atoms with Crippen LogP contribution in [0.5, 0.6) is 5.75 Å². The molecule has 0 bridgehead atoms. The van der Waals surface area contributed by atoms with Crippen LogP contribution in [0.25, 0.3) is 33.2 Å². The molecule has 0 spiro atoms. The van der Waals surface area contributed by atoms with Gasteiger partial charge in [-0.1, -0.05) is 30.3 Å². The molecule has 0 aliphatic heterocycles. The van der Waals surface area contributed by atoms with Crippen LogP contribution >= 0.6 is 0 Å². The predicted octanol–water partition coefficient (Wildman–Crippen LogP) is 3.84. The van der Waals surface area contributed by atoms with E-state index in [1.165, 1.54) is 18.2 Å². The van der Waals surface area contributed by atoms with E-state index in [1.54, 1.807) is 42.5 Å². The van der Waals surface area contributed by atoms with Crippen molar-refractivity contribution in [3.05, 3.63) is 82.6 Å². The fourth-order valence-electron chi connectivity index (χ4n) is 3.36. The van der Waals surface area contributed by atoms with E-state index in [2.05, 4.69) is 4.98 Å². The Balaban J connectivity index is 1.86. The van der Waals surface area contributed by atoms with Crippen molar-refractivity contribution in [3.63, 3.8) is 0 Å². The van der Waals surface area contributed by atoms with E-state index in [0.29, 0.717) is 22.0 Å². The van der Waals surface area contributed by atoms with Crippen LogP contribution in [0.1, 0.15) is 5.56 Å². The number of fused-ring (bicyclic) bond motifs is 1. The van der Waals surface area contributed by atoms with Gasteiger partial charge in [0.05, 0.1) is 27.6 Å². The monoisotopic (exact) mass is 416 g/mol. The number of hydrogen-bond donors (Lipinski definition) is 2. The van der Waals surface area contributed by atoms with Crippen LogP contribution < -0.4 is 5.56 Å². The van der Waals surface area contributed by atoms with Gasteiger partial charge in [0.25, 0.3) is 5.56 Å². The van der Waals surface area contributed by atoms with Crippen molar-refractivity contribution in [2.24, 2.45) is 0 Å². The molecule has 3 aromatic carbocycles. The van der Waals surface area contributed by atoms with Gasteiger partial charge in [-0.25, -0.2) is 8.42 Å². The Morgan fingerprint density at radius 3 is 2.30 bits per heavy atom. The van der Waals surface area contributed by atoms with Crippen LogP contribution in [0.3, 0.4) is 0 Å². The number of hydrogen-bond acceptors (Lipinski definition) is 5. The zero-order valence-electron chi connectivity index (χ0n) is 15.9. The second kappa shape index (κ2) is 7.17. The summed E-state index contributed by atoms with van der Waals surface area (Å²) in [5, 5.41) is 20.3. The van der Waals surface area contributed by atoms with Gasteiger partial charge in [-0.15, -0.1) is 0 Å². The number of aromatic hydroxyl groups is 1. The van der Waals surface area contributed by atoms with Gasteiger partial charge in [-0.05, 0) is 53.1 Å². The minimum Gasteiger partial charge on any atom is -0.506 e. The first-order valence-corrected chi connectivity index (χ1v) is 10.9. The van der Waals surface area contributed by atoms with Gasteiger partial charge in [0.15, 0.2) is 9.84 Å². The first-order valence-electron chi connectivity index (χ1n) is 8.98. The van der Waals surface area contributed by atoms with Gasteiger partial charge in [0.2, 0.25) is 0 Å². The molecule has 0 radical (unpaired) electrons. The van der Waals surface area contributed by atoms with Gasteiger partial charge in [0, 0.05) is 11.6 Å². The van der Waals surface area contributed by atoms with Crippen LogP contribution in [0.2, 0.25) is 0 Å². The van der Waals surface area contributed by atoms with E-state index in [-0.39, 0.29) is 16.2 Å². The molecule has 0 amide bonds. The van der Waals surface area contributed by atoms with E-state index in [1.807, 2.05) is 12.1 Å². The number of H-pyrrole nitrogens is 1. The number of aromatic amines is 1. The summed E-state index contributed by atoms with van der Waals surface area (Å²) >= 11 is 0. The molecular formula is C23H16N2O4S. The highest BCUT2D eigenvalue weighted by Gasteiger charge is 2.15. The van der Waals surface area contributed by atoms with E-state index in [9.17, 15) is 18.3 Å². The topological polar surface area (TPSA) is 111 Å². The zero-order chi connectivity index (χ0) is 21.5. The Hall–Kier alpha value is -3.89. The van der Waals surface area contributed by atoms with E-state index in [0.717, 1.165) is 17.4 Å². The molecule has 4 rings (SSSR count). The molecule has 30 heavy (non-hydrogen) atoms. The summed E-state index contributed by atoms with van der Waals surface area (Å²) in [4.78, 5) is 15.6. The maximum absolute atomic E-state index is 12.7. The van der Waals surface area contributed by atoms with Crippen molar-refractivity contribution in [2.75, 3.05) is 6.26 Å². The smallest absolute Gasteiger partial charge is 0.260 e. The zero-order valence-corrected chi connectivity index (χ0v) is 16.7. The molecule has 0 saturated carbocycles. The number of rotatable bonds is 3. The van der Waals surface area contributed by atoms with Crippen molar-refractivity contribution < 1.29 is 13.5 Å². The molecule has 7 heteroatoms. The summed E-state index contributed by atoms with van der Waals surface area (Å²) in [7, 11) is -3.29. The molecule has 0 aliphatic rings. The summed E-state index contributed by atoms with van der Waals surface area (Å²) in [5.74, 6) is -0.199. The Labute approximate surface area is 172 Å². The molecule has 6 nitrogen and oxygen atoms in total. The molecule has 2 N–H and O–H groups in total. The fourth-order valence-corrected chi connectivity index (χ4v) is 3.99. The second-order valence-electron chi connectivity index (χ2n) is 6.93. The maximum Gasteiger partial charge on any atom is 0.260 e. The first-order chi connectivity index (χ1) is 14.3. The van der Waals surface area contributed by atoms with Crippen molar-refractivity contribution in [1.82, 2.24) is 4.98 Å². The Morgan fingerprint density at radius 1 is 0.933 bits per heavy atom. The molecule has 0 atom stereocenters. The highest BCUT2D eigenvalue weighted by molar-refractivity contribution is 7.90. The van der Waals surface area contributed by atoms with Crippen molar-refractivity contribution in [3.8, 4) is 34.1 Å². The predicted molar refractivity (Wildman–Crippen MR) is 115 cm³/mol. The van der Waals surface area contributed by atoms with Crippen LogP contribution in [-0.4, -0.2) is 24.8 Å². The number of sulfone groups is 1. The highest BCUT2D eigenvalue weighted by Crippen LogP contribution is 2.34. The number of pyridine rings is 1. The number of nitrogens with zero attached hydrogens (tertiary/aromatic N) is 1. The third-order valence-electron chi connectivity index (χ3n) is 4.88. The second-order valence-corrected chi connectivity index (χ2v) is 8.94. The lowest BCUT2D eigenvalue weighted by atomic mass is 9.98. The van der Waals surface area contributed by atoms with Gasteiger partial charge in [-0.3, -0.25) is 4.79 Å². The summed E-state index contributed by atoms with van der Waals surface area (Å²) in [6.07, 6.45) is 1.15. The number of nitrogens with one attached hydrogen (secondary N) is 1. The summed E-state index contributed by atoms with van der Waals surface area (Å²) in [6, 6.07) is 20.2. The number of aromatic nitrogens is 1. The molecule has 0 unspecified atom stereocenters. The number of nitriles is 1. The van der Waals surface area contributed by atoms with E-state index >= 15 is 0 Å². The largest absolute Gasteiger partial charge is 0.506 e. The molecule has 1 aromatic heterocycles. The van der Waals surface area contributed by atoms with Crippen LogP contribution in [0.15, 0.2) is 76.4 Å². The minimum absolute atomic E-state index is 0.104. The van der Waals surface area contributed by atoms with Crippen LogP contribution in [0, 0.1) is 11.3 Å². The SMILES string of the molecule is CS(=O)(=O)c1ccc(-c2cccc(-c3c(O)c4cc(C#N)ccc4[nH]c3=O)c2)cc1. The summed E-state index contributed by atoms with van der Waals surface area (Å²) in [5.41, 5.74) is 2.50. The van der Waals surface area contributed by atoms with Gasteiger partial charge < -0.3 is 10.1 Å². The standard InChI is InChI=1S/C23H16N2O4S/c1-30(28,29)18-8-6-15(7-9-18)16-3-2-4-17(12-16)21-22(26)19-11-14(13-24)5-10-20(19)25-23(21)27/h2-12H,1H3,(H2,25,26,27). The first kappa shape index (κ1) is 19.4. The van der Waals surface area contributed by atoms with Crippen LogP contribution in [0.4, 0.5) is 0 Å². The molecule has 0 aliphatic carbocycles. The normalized spacial score (nSPS) is 11.3. The fraction of sp³-hybridized carbons (Fsp3) is 0.0435. The Kier molecular flexibility index (Phi) is 4.65. The lowest BCUT2D eigenvalue weighted by Gasteiger charge is -2.10. The molecule has 4 aromatic rings. The number of benzene rings is 3. The molecule has 0 saturated heterocycles. The average Bonchev–Trinajstić information content (AvgIpc) is 2.73. The van der Waals surface area contributed by atoms with E-state index in [4.69, 9.17) is 5.26 Å².